The molecule has 0 radical (unpaired) electrons. The van der Waals surface area contributed by atoms with Crippen molar-refractivity contribution in [1.82, 2.24) is 4.98 Å². The standard InChI is InChI=1S/C16H18FN/c1-10(2)16-12(4)15(9-11(3)18-16)13-5-7-14(17)8-6-13/h5-10H,1-4H3. The molecule has 0 aliphatic rings. The van der Waals surface area contributed by atoms with E-state index >= 15 is 0 Å². The molecule has 94 valence electrons. The summed E-state index contributed by atoms with van der Waals surface area (Å²) in [7, 11) is 0. The monoisotopic (exact) mass is 243 g/mol. The van der Waals surface area contributed by atoms with Gasteiger partial charge in [0.15, 0.2) is 0 Å². The topological polar surface area (TPSA) is 12.9 Å². The molecule has 1 heterocycles. The Balaban J connectivity index is 2.60. The number of hydrogen-bond donors (Lipinski definition) is 0. The number of hydrogen-bond acceptors (Lipinski definition) is 1. The van der Waals surface area contributed by atoms with Crippen molar-refractivity contribution in [3.8, 4) is 11.1 Å². The number of halogens is 1. The SMILES string of the molecule is Cc1cc(-c2ccc(F)cc2)c(C)c(C(C)C)n1. The first kappa shape index (κ1) is 12.7. The molecule has 2 heteroatoms. The minimum absolute atomic E-state index is 0.203. The van der Waals surface area contributed by atoms with Crippen LogP contribution in [-0.2, 0) is 0 Å². The zero-order chi connectivity index (χ0) is 13.3. The molecule has 2 rings (SSSR count). The molecule has 0 aliphatic carbocycles. The molecule has 0 saturated carbocycles. The zero-order valence-corrected chi connectivity index (χ0v) is 11.3. The fourth-order valence-corrected chi connectivity index (χ4v) is 2.25. The second-order valence-corrected chi connectivity index (χ2v) is 4.98. The molecule has 0 spiro atoms. The summed E-state index contributed by atoms with van der Waals surface area (Å²) < 4.78 is 13.0. The molecule has 1 nitrogen and oxygen atoms in total. The van der Waals surface area contributed by atoms with E-state index in [4.69, 9.17) is 0 Å². The van der Waals surface area contributed by atoms with Gasteiger partial charge in [-0.25, -0.2) is 4.39 Å². The quantitative estimate of drug-likeness (QED) is 0.749. The first-order chi connectivity index (χ1) is 8.49. The Morgan fingerprint density at radius 3 is 2.22 bits per heavy atom. The maximum Gasteiger partial charge on any atom is 0.123 e. The highest BCUT2D eigenvalue weighted by molar-refractivity contribution is 5.68. The molecule has 0 saturated heterocycles. The highest BCUT2D eigenvalue weighted by Gasteiger charge is 2.11. The van der Waals surface area contributed by atoms with E-state index in [1.807, 2.05) is 19.1 Å². The van der Waals surface area contributed by atoms with Crippen LogP contribution in [-0.4, -0.2) is 4.98 Å². The van der Waals surface area contributed by atoms with Crippen molar-refractivity contribution in [3.63, 3.8) is 0 Å². The van der Waals surface area contributed by atoms with Crippen LogP contribution in [0.15, 0.2) is 30.3 Å². The van der Waals surface area contributed by atoms with Crippen LogP contribution in [0.25, 0.3) is 11.1 Å². The second-order valence-electron chi connectivity index (χ2n) is 4.98. The van der Waals surface area contributed by atoms with Crippen LogP contribution >= 0.6 is 0 Å². The second kappa shape index (κ2) is 4.89. The number of aromatic nitrogens is 1. The summed E-state index contributed by atoms with van der Waals surface area (Å²) in [6.07, 6.45) is 0. The Labute approximate surface area is 108 Å². The van der Waals surface area contributed by atoms with E-state index in [0.29, 0.717) is 5.92 Å². The molecule has 0 bridgehead atoms. The van der Waals surface area contributed by atoms with Gasteiger partial charge in [0, 0.05) is 11.4 Å². The maximum atomic E-state index is 13.0. The maximum absolute atomic E-state index is 13.0. The highest BCUT2D eigenvalue weighted by Crippen LogP contribution is 2.29. The van der Waals surface area contributed by atoms with Crippen molar-refractivity contribution < 1.29 is 4.39 Å². The van der Waals surface area contributed by atoms with E-state index in [-0.39, 0.29) is 5.82 Å². The van der Waals surface area contributed by atoms with Crippen LogP contribution in [0.4, 0.5) is 4.39 Å². The molecule has 0 aliphatic heterocycles. The molecule has 1 aromatic heterocycles. The van der Waals surface area contributed by atoms with Crippen molar-refractivity contribution in [2.24, 2.45) is 0 Å². The molecule has 0 unspecified atom stereocenters. The van der Waals surface area contributed by atoms with Gasteiger partial charge < -0.3 is 0 Å². The summed E-state index contributed by atoms with van der Waals surface area (Å²) in [6, 6.07) is 8.70. The summed E-state index contributed by atoms with van der Waals surface area (Å²) in [5.74, 6) is 0.190. The minimum atomic E-state index is -0.203. The first-order valence-corrected chi connectivity index (χ1v) is 6.23. The van der Waals surface area contributed by atoms with Gasteiger partial charge in [0.1, 0.15) is 5.82 Å². The van der Waals surface area contributed by atoms with Gasteiger partial charge in [-0.1, -0.05) is 26.0 Å². The third-order valence-corrected chi connectivity index (χ3v) is 3.14. The van der Waals surface area contributed by atoms with E-state index in [1.54, 1.807) is 0 Å². The average molecular weight is 243 g/mol. The summed E-state index contributed by atoms with van der Waals surface area (Å²) in [5, 5.41) is 0. The van der Waals surface area contributed by atoms with Crippen LogP contribution in [0, 0.1) is 19.7 Å². The largest absolute Gasteiger partial charge is 0.258 e. The third kappa shape index (κ3) is 2.42. The van der Waals surface area contributed by atoms with E-state index in [2.05, 4.69) is 31.8 Å². The number of pyridine rings is 1. The molecule has 0 fully saturated rings. The van der Waals surface area contributed by atoms with Gasteiger partial charge in [-0.15, -0.1) is 0 Å². The zero-order valence-electron chi connectivity index (χ0n) is 11.3. The molecule has 1 aromatic carbocycles. The van der Waals surface area contributed by atoms with Crippen molar-refractivity contribution >= 4 is 0 Å². The Bertz CT molecular complexity index is 556. The Kier molecular flexibility index (Phi) is 3.46. The van der Waals surface area contributed by atoms with Gasteiger partial charge in [-0.05, 0) is 54.7 Å². The van der Waals surface area contributed by atoms with Crippen molar-refractivity contribution in [3.05, 3.63) is 53.1 Å². The van der Waals surface area contributed by atoms with Crippen molar-refractivity contribution in [2.45, 2.75) is 33.6 Å². The van der Waals surface area contributed by atoms with E-state index < -0.39 is 0 Å². The summed E-state index contributed by atoms with van der Waals surface area (Å²) >= 11 is 0. The number of aryl methyl sites for hydroxylation is 1. The van der Waals surface area contributed by atoms with Crippen LogP contribution in [0.5, 0.6) is 0 Å². The highest BCUT2D eigenvalue weighted by atomic mass is 19.1. The molecule has 0 amide bonds. The molecular formula is C16H18FN. The molecule has 2 aromatic rings. The summed E-state index contributed by atoms with van der Waals surface area (Å²) in [4.78, 5) is 4.60. The Morgan fingerprint density at radius 1 is 1.06 bits per heavy atom. The van der Waals surface area contributed by atoms with Gasteiger partial charge >= 0.3 is 0 Å². The molecule has 0 N–H and O–H groups in total. The fraction of sp³-hybridized carbons (Fsp3) is 0.312. The van der Waals surface area contributed by atoms with E-state index in [9.17, 15) is 4.39 Å². The number of nitrogens with zero attached hydrogens (tertiary/aromatic N) is 1. The predicted molar refractivity (Wildman–Crippen MR) is 73.2 cm³/mol. The lowest BCUT2D eigenvalue weighted by molar-refractivity contribution is 0.628. The predicted octanol–water partition coefficient (Wildman–Crippen LogP) is 4.63. The fourth-order valence-electron chi connectivity index (χ4n) is 2.25. The van der Waals surface area contributed by atoms with Gasteiger partial charge in [0.05, 0.1) is 0 Å². The van der Waals surface area contributed by atoms with Crippen LogP contribution in [0.2, 0.25) is 0 Å². The van der Waals surface area contributed by atoms with Crippen LogP contribution in [0.3, 0.4) is 0 Å². The Hall–Kier alpha value is -1.70. The molecule has 18 heavy (non-hydrogen) atoms. The third-order valence-electron chi connectivity index (χ3n) is 3.14. The summed E-state index contributed by atoms with van der Waals surface area (Å²) in [5.41, 5.74) is 5.49. The normalized spacial score (nSPS) is 11.0. The lowest BCUT2D eigenvalue weighted by atomic mass is 9.95. The van der Waals surface area contributed by atoms with Gasteiger partial charge in [0.25, 0.3) is 0 Å². The lowest BCUT2D eigenvalue weighted by Gasteiger charge is -2.15. The Morgan fingerprint density at radius 2 is 1.67 bits per heavy atom. The van der Waals surface area contributed by atoms with Crippen LogP contribution < -0.4 is 0 Å². The minimum Gasteiger partial charge on any atom is -0.258 e. The number of rotatable bonds is 2. The molecular weight excluding hydrogens is 225 g/mol. The van der Waals surface area contributed by atoms with Crippen LogP contribution in [0.1, 0.15) is 36.7 Å². The van der Waals surface area contributed by atoms with E-state index in [0.717, 1.165) is 22.5 Å². The van der Waals surface area contributed by atoms with Gasteiger partial charge in [0.2, 0.25) is 0 Å². The van der Waals surface area contributed by atoms with Gasteiger partial charge in [-0.2, -0.15) is 0 Å². The molecule has 0 atom stereocenters. The first-order valence-electron chi connectivity index (χ1n) is 6.23. The van der Waals surface area contributed by atoms with Crippen molar-refractivity contribution in [2.75, 3.05) is 0 Å². The lowest BCUT2D eigenvalue weighted by Crippen LogP contribution is -2.01. The van der Waals surface area contributed by atoms with E-state index in [1.165, 1.54) is 17.7 Å². The van der Waals surface area contributed by atoms with Gasteiger partial charge in [-0.3, -0.25) is 4.98 Å². The van der Waals surface area contributed by atoms with Crippen molar-refractivity contribution in [1.29, 1.82) is 0 Å². The average Bonchev–Trinajstić information content (AvgIpc) is 2.32. The summed E-state index contributed by atoms with van der Waals surface area (Å²) in [6.45, 7) is 8.37. The smallest absolute Gasteiger partial charge is 0.123 e. The number of benzene rings is 1.